The zero-order valence-electron chi connectivity index (χ0n) is 7.20. The third-order valence-electron chi connectivity index (χ3n) is 1.98. The topological polar surface area (TPSA) is 41.6 Å². The number of fused-ring (bicyclic) bond motifs is 1. The highest BCUT2D eigenvalue weighted by molar-refractivity contribution is 5.74. The molecule has 0 fully saturated rings. The van der Waals surface area contributed by atoms with Crippen LogP contribution < -0.4 is 0 Å². The molecular weight excluding hydrogens is 150 g/mol. The molecule has 12 heavy (non-hydrogen) atoms. The van der Waals surface area contributed by atoms with Gasteiger partial charge in [0.2, 0.25) is 0 Å². The zero-order valence-corrected chi connectivity index (χ0v) is 7.20. The molecule has 0 saturated heterocycles. The summed E-state index contributed by atoms with van der Waals surface area (Å²) in [6, 6.07) is 2.12. The zero-order chi connectivity index (χ0) is 8.55. The molecule has 0 aliphatic heterocycles. The normalized spacial score (nSPS) is 11.2. The summed E-state index contributed by atoms with van der Waals surface area (Å²) < 4.78 is 0. The fourth-order valence-corrected chi connectivity index (χ4v) is 1.17. The minimum atomic E-state index is 0. The number of nitrogens with one attached hydrogen (secondary N) is 1. The van der Waals surface area contributed by atoms with Crippen LogP contribution in [0.5, 0.6) is 0 Å². The first-order chi connectivity index (χ1) is 5.77. The predicted octanol–water partition coefficient (Wildman–Crippen LogP) is 2.33. The van der Waals surface area contributed by atoms with Gasteiger partial charge in [-0.25, -0.2) is 4.98 Å². The summed E-state index contributed by atoms with van der Waals surface area (Å²) in [5, 5.41) is 7.82. The second-order valence-electron chi connectivity index (χ2n) is 3.23. The Morgan fingerprint density at radius 1 is 1.42 bits per heavy atom. The first-order valence-corrected chi connectivity index (χ1v) is 4.06. The van der Waals surface area contributed by atoms with E-state index in [-0.39, 0.29) is 1.43 Å². The summed E-state index contributed by atoms with van der Waals surface area (Å²) in [5.74, 6) is 0.525. The Bertz CT molecular complexity index is 394. The van der Waals surface area contributed by atoms with Crippen molar-refractivity contribution in [3.8, 4) is 0 Å². The molecule has 2 aromatic rings. The molecule has 2 rings (SSSR count). The van der Waals surface area contributed by atoms with E-state index in [9.17, 15) is 0 Å². The second kappa shape index (κ2) is 2.59. The van der Waals surface area contributed by atoms with E-state index in [4.69, 9.17) is 0 Å². The second-order valence-corrected chi connectivity index (χ2v) is 3.23. The molecule has 2 aromatic heterocycles. The smallest absolute Gasteiger partial charge is 0.155 e. The lowest BCUT2D eigenvalue weighted by Gasteiger charge is -2.02. The van der Waals surface area contributed by atoms with Crippen molar-refractivity contribution in [1.29, 1.82) is 0 Å². The van der Waals surface area contributed by atoms with Gasteiger partial charge in [0.05, 0.1) is 6.20 Å². The third kappa shape index (κ3) is 1.07. The van der Waals surface area contributed by atoms with Crippen LogP contribution in [-0.2, 0) is 0 Å². The number of hydrogen-bond acceptors (Lipinski definition) is 2. The molecule has 2 heterocycles. The summed E-state index contributed by atoms with van der Waals surface area (Å²) in [6.07, 6.45) is 3.69. The monoisotopic (exact) mass is 163 g/mol. The molecule has 0 amide bonds. The molecular formula is C9H13N3. The fourth-order valence-electron chi connectivity index (χ4n) is 1.17. The number of hydrogen-bond donors (Lipinski definition) is 1. The Morgan fingerprint density at radius 3 is 3.00 bits per heavy atom. The van der Waals surface area contributed by atoms with Crippen molar-refractivity contribution < 1.29 is 1.43 Å². The van der Waals surface area contributed by atoms with Crippen LogP contribution in [0, 0.1) is 0 Å². The van der Waals surface area contributed by atoms with Crippen LogP contribution in [0.25, 0.3) is 11.0 Å². The Morgan fingerprint density at radius 2 is 2.25 bits per heavy atom. The molecule has 3 nitrogen and oxygen atoms in total. The summed E-state index contributed by atoms with van der Waals surface area (Å²) >= 11 is 0. The van der Waals surface area contributed by atoms with E-state index < -0.39 is 0 Å². The summed E-state index contributed by atoms with van der Waals surface area (Å²) in [6.45, 7) is 4.31. The first kappa shape index (κ1) is 7.28. The van der Waals surface area contributed by atoms with Crippen LogP contribution in [0.3, 0.4) is 0 Å². The first-order valence-electron chi connectivity index (χ1n) is 4.06. The van der Waals surface area contributed by atoms with E-state index >= 15 is 0 Å². The van der Waals surface area contributed by atoms with Gasteiger partial charge in [0, 0.05) is 13.0 Å². The molecule has 64 valence electrons. The number of pyridine rings is 1. The number of H-pyrrole nitrogens is 1. The maximum atomic E-state index is 4.24. The van der Waals surface area contributed by atoms with Gasteiger partial charge in [-0.3, -0.25) is 5.10 Å². The van der Waals surface area contributed by atoms with Crippen LogP contribution in [0.1, 0.15) is 26.8 Å². The van der Waals surface area contributed by atoms with Crippen molar-refractivity contribution in [2.75, 3.05) is 0 Å². The molecule has 0 spiro atoms. The van der Waals surface area contributed by atoms with Crippen molar-refractivity contribution in [3.05, 3.63) is 24.0 Å². The minimum Gasteiger partial charge on any atom is -0.261 e. The number of aromatic amines is 1. The lowest BCUT2D eigenvalue weighted by atomic mass is 10.1. The highest BCUT2D eigenvalue weighted by Gasteiger charge is 2.01. The van der Waals surface area contributed by atoms with Gasteiger partial charge >= 0.3 is 0 Å². The Kier molecular flexibility index (Phi) is 1.57. The van der Waals surface area contributed by atoms with Gasteiger partial charge in [-0.05, 0) is 17.5 Å². The van der Waals surface area contributed by atoms with Crippen molar-refractivity contribution in [2.45, 2.75) is 19.8 Å². The van der Waals surface area contributed by atoms with Crippen molar-refractivity contribution in [3.63, 3.8) is 0 Å². The van der Waals surface area contributed by atoms with Crippen LogP contribution in [0.15, 0.2) is 18.5 Å². The molecule has 0 aliphatic rings. The fraction of sp³-hybridized carbons (Fsp3) is 0.333. The van der Waals surface area contributed by atoms with Gasteiger partial charge < -0.3 is 0 Å². The molecule has 0 radical (unpaired) electrons. The maximum absolute atomic E-state index is 4.24. The van der Waals surface area contributed by atoms with E-state index in [0.717, 1.165) is 11.0 Å². The highest BCUT2D eigenvalue weighted by atomic mass is 15.1. The molecule has 0 unspecified atom stereocenters. The van der Waals surface area contributed by atoms with E-state index in [2.05, 4.69) is 35.1 Å². The standard InChI is InChI=1S/C9H11N3.H2/c1-6(2)7-3-8-5-11-12-9(8)10-4-7;/h3-6H,1-2H3,(H,10,11,12);1H. The number of rotatable bonds is 1. The van der Waals surface area contributed by atoms with E-state index in [1.807, 2.05) is 6.20 Å². The molecule has 0 bridgehead atoms. The van der Waals surface area contributed by atoms with Gasteiger partial charge in [0.15, 0.2) is 5.65 Å². The van der Waals surface area contributed by atoms with E-state index in [1.165, 1.54) is 5.56 Å². The van der Waals surface area contributed by atoms with Gasteiger partial charge in [-0.1, -0.05) is 13.8 Å². The summed E-state index contributed by atoms with van der Waals surface area (Å²) in [7, 11) is 0. The highest BCUT2D eigenvalue weighted by Crippen LogP contribution is 2.16. The summed E-state index contributed by atoms with van der Waals surface area (Å²) in [5.41, 5.74) is 2.11. The lowest BCUT2D eigenvalue weighted by Crippen LogP contribution is -1.88. The Labute approximate surface area is 72.3 Å². The van der Waals surface area contributed by atoms with Crippen molar-refractivity contribution in [1.82, 2.24) is 15.2 Å². The largest absolute Gasteiger partial charge is 0.261 e. The molecule has 0 aliphatic carbocycles. The SMILES string of the molecule is CC(C)c1cnc2[nH]ncc2c1.[HH]. The molecule has 1 N–H and O–H groups in total. The average Bonchev–Trinajstić information content (AvgIpc) is 2.49. The average molecular weight is 163 g/mol. The van der Waals surface area contributed by atoms with Crippen LogP contribution in [0.2, 0.25) is 0 Å². The molecule has 0 saturated carbocycles. The Hall–Kier alpha value is -1.38. The van der Waals surface area contributed by atoms with E-state index in [0.29, 0.717) is 5.92 Å². The Balaban J connectivity index is 0.000000845. The van der Waals surface area contributed by atoms with Crippen molar-refractivity contribution >= 4 is 11.0 Å². The van der Waals surface area contributed by atoms with Crippen LogP contribution in [0.4, 0.5) is 0 Å². The number of aromatic nitrogens is 3. The van der Waals surface area contributed by atoms with Gasteiger partial charge in [-0.2, -0.15) is 5.10 Å². The van der Waals surface area contributed by atoms with Crippen molar-refractivity contribution in [2.24, 2.45) is 0 Å². The summed E-state index contributed by atoms with van der Waals surface area (Å²) in [4.78, 5) is 4.24. The van der Waals surface area contributed by atoms with Gasteiger partial charge in [-0.15, -0.1) is 0 Å². The van der Waals surface area contributed by atoms with Gasteiger partial charge in [0.1, 0.15) is 0 Å². The lowest BCUT2D eigenvalue weighted by molar-refractivity contribution is 0.861. The predicted molar refractivity (Wildman–Crippen MR) is 50.1 cm³/mol. The molecule has 0 aromatic carbocycles. The van der Waals surface area contributed by atoms with Crippen LogP contribution in [-0.4, -0.2) is 15.2 Å². The quantitative estimate of drug-likeness (QED) is 0.701. The molecule has 3 heteroatoms. The minimum absolute atomic E-state index is 0. The maximum Gasteiger partial charge on any atom is 0.155 e. The molecule has 0 atom stereocenters. The third-order valence-corrected chi connectivity index (χ3v) is 1.98. The number of nitrogens with zero attached hydrogens (tertiary/aromatic N) is 2. The van der Waals surface area contributed by atoms with Crippen LogP contribution >= 0.6 is 0 Å². The van der Waals surface area contributed by atoms with E-state index in [1.54, 1.807) is 6.20 Å². The van der Waals surface area contributed by atoms with Gasteiger partial charge in [0.25, 0.3) is 0 Å².